The maximum atomic E-state index is 12.2. The normalized spacial score (nSPS) is 20.9. The number of benzene rings is 1. The van der Waals surface area contributed by atoms with Crippen LogP contribution in [0, 0.1) is 0 Å². The van der Waals surface area contributed by atoms with E-state index in [-0.39, 0.29) is 16.8 Å². The molecule has 0 bridgehead atoms. The largest absolute Gasteiger partial charge is 0.375 e. The SMILES string of the molecule is O=S(=O)(CC1CNCCO1)c1cc(Cl)cc(Cl)c1. The Morgan fingerprint density at radius 2 is 1.94 bits per heavy atom. The van der Waals surface area contributed by atoms with E-state index < -0.39 is 9.84 Å². The molecular weight excluding hydrogens is 297 g/mol. The summed E-state index contributed by atoms with van der Waals surface area (Å²) in [7, 11) is -3.44. The van der Waals surface area contributed by atoms with Gasteiger partial charge < -0.3 is 10.1 Å². The first-order valence-electron chi connectivity index (χ1n) is 5.48. The van der Waals surface area contributed by atoms with Crippen LogP contribution in [-0.4, -0.2) is 40.0 Å². The molecule has 0 aliphatic carbocycles. The Bertz CT molecular complexity index is 507. The Labute approximate surface area is 116 Å². The first kappa shape index (κ1) is 14.1. The van der Waals surface area contributed by atoms with Crippen molar-refractivity contribution in [3.63, 3.8) is 0 Å². The van der Waals surface area contributed by atoms with Crippen LogP contribution in [0.5, 0.6) is 0 Å². The van der Waals surface area contributed by atoms with Gasteiger partial charge in [-0.15, -0.1) is 0 Å². The number of morpholine rings is 1. The third-order valence-electron chi connectivity index (χ3n) is 2.60. The molecule has 1 atom stereocenters. The molecule has 0 radical (unpaired) electrons. The highest BCUT2D eigenvalue weighted by atomic mass is 35.5. The van der Waals surface area contributed by atoms with E-state index in [1.165, 1.54) is 18.2 Å². The molecule has 1 aromatic rings. The molecule has 1 aliphatic heterocycles. The minimum atomic E-state index is -3.44. The first-order chi connectivity index (χ1) is 8.47. The molecule has 0 aromatic heterocycles. The molecule has 2 rings (SSSR count). The standard InChI is InChI=1S/C11H13Cl2NO3S/c12-8-3-9(13)5-11(4-8)18(15,16)7-10-6-14-1-2-17-10/h3-5,10,14H,1-2,6-7H2. The van der Waals surface area contributed by atoms with Crippen LogP contribution >= 0.6 is 23.2 Å². The summed E-state index contributed by atoms with van der Waals surface area (Å²) in [5, 5.41) is 3.71. The van der Waals surface area contributed by atoms with E-state index >= 15 is 0 Å². The summed E-state index contributed by atoms with van der Waals surface area (Å²) in [6.45, 7) is 1.81. The van der Waals surface area contributed by atoms with Crippen molar-refractivity contribution in [2.45, 2.75) is 11.0 Å². The fourth-order valence-electron chi connectivity index (χ4n) is 1.78. The van der Waals surface area contributed by atoms with Gasteiger partial charge in [0.05, 0.1) is 23.4 Å². The van der Waals surface area contributed by atoms with E-state index in [1.807, 2.05) is 0 Å². The van der Waals surface area contributed by atoms with Gasteiger partial charge in [0.25, 0.3) is 0 Å². The molecule has 1 aromatic carbocycles. The van der Waals surface area contributed by atoms with Crippen LogP contribution in [0.3, 0.4) is 0 Å². The lowest BCUT2D eigenvalue weighted by Gasteiger charge is -2.23. The van der Waals surface area contributed by atoms with Gasteiger partial charge in [0.2, 0.25) is 0 Å². The molecule has 100 valence electrons. The summed E-state index contributed by atoms with van der Waals surface area (Å²) < 4.78 is 29.7. The van der Waals surface area contributed by atoms with E-state index in [0.717, 1.165) is 6.54 Å². The van der Waals surface area contributed by atoms with Gasteiger partial charge in [-0.25, -0.2) is 8.42 Å². The van der Waals surface area contributed by atoms with Crippen LogP contribution in [0.25, 0.3) is 0 Å². The Balaban J connectivity index is 2.19. The number of rotatable bonds is 3. The van der Waals surface area contributed by atoms with Crippen LogP contribution in [0.15, 0.2) is 23.1 Å². The van der Waals surface area contributed by atoms with Gasteiger partial charge in [0.1, 0.15) is 0 Å². The molecule has 18 heavy (non-hydrogen) atoms. The Hall–Kier alpha value is -0.330. The highest BCUT2D eigenvalue weighted by molar-refractivity contribution is 7.91. The Morgan fingerprint density at radius 3 is 2.50 bits per heavy atom. The smallest absolute Gasteiger partial charge is 0.181 e. The van der Waals surface area contributed by atoms with Crippen molar-refractivity contribution in [1.29, 1.82) is 0 Å². The van der Waals surface area contributed by atoms with Crippen LogP contribution in [-0.2, 0) is 14.6 Å². The molecule has 4 nitrogen and oxygen atoms in total. The molecule has 0 saturated carbocycles. The van der Waals surface area contributed by atoms with E-state index in [1.54, 1.807) is 0 Å². The molecule has 0 spiro atoms. The predicted molar refractivity (Wildman–Crippen MR) is 71.1 cm³/mol. The lowest BCUT2D eigenvalue weighted by molar-refractivity contribution is 0.0430. The van der Waals surface area contributed by atoms with Gasteiger partial charge in [0.15, 0.2) is 9.84 Å². The predicted octanol–water partition coefficient (Wildman–Crippen LogP) is 1.76. The van der Waals surface area contributed by atoms with Crippen LogP contribution < -0.4 is 5.32 Å². The fourth-order valence-corrected chi connectivity index (χ4v) is 3.94. The molecule has 1 aliphatic rings. The summed E-state index contributed by atoms with van der Waals surface area (Å²) in [5.74, 6) is -0.0727. The van der Waals surface area contributed by atoms with Gasteiger partial charge in [-0.2, -0.15) is 0 Å². The first-order valence-corrected chi connectivity index (χ1v) is 7.89. The van der Waals surface area contributed by atoms with Crippen molar-refractivity contribution in [3.05, 3.63) is 28.2 Å². The van der Waals surface area contributed by atoms with Crippen molar-refractivity contribution >= 4 is 33.0 Å². The van der Waals surface area contributed by atoms with E-state index in [4.69, 9.17) is 27.9 Å². The lowest BCUT2D eigenvalue weighted by Crippen LogP contribution is -2.42. The van der Waals surface area contributed by atoms with Crippen LogP contribution in [0.4, 0.5) is 0 Å². The van der Waals surface area contributed by atoms with Crippen molar-refractivity contribution in [2.24, 2.45) is 0 Å². The van der Waals surface area contributed by atoms with Crippen molar-refractivity contribution in [3.8, 4) is 0 Å². The molecule has 1 heterocycles. The lowest BCUT2D eigenvalue weighted by atomic mass is 10.3. The second-order valence-corrected chi connectivity index (χ2v) is 6.99. The number of nitrogens with one attached hydrogen (secondary N) is 1. The fraction of sp³-hybridized carbons (Fsp3) is 0.455. The van der Waals surface area contributed by atoms with Gasteiger partial charge in [-0.05, 0) is 18.2 Å². The number of hydrogen-bond acceptors (Lipinski definition) is 4. The van der Waals surface area contributed by atoms with E-state index in [2.05, 4.69) is 5.32 Å². The zero-order valence-corrected chi connectivity index (χ0v) is 11.9. The van der Waals surface area contributed by atoms with Crippen LogP contribution in [0.1, 0.15) is 0 Å². The third kappa shape index (κ3) is 3.59. The van der Waals surface area contributed by atoms with Gasteiger partial charge >= 0.3 is 0 Å². The zero-order valence-electron chi connectivity index (χ0n) is 9.53. The van der Waals surface area contributed by atoms with Gasteiger partial charge in [0, 0.05) is 23.1 Å². The second kappa shape index (κ2) is 5.75. The molecule has 1 fully saturated rings. The summed E-state index contributed by atoms with van der Waals surface area (Å²) in [6, 6.07) is 4.30. The van der Waals surface area contributed by atoms with Gasteiger partial charge in [-0.3, -0.25) is 0 Å². The minimum Gasteiger partial charge on any atom is -0.375 e. The van der Waals surface area contributed by atoms with E-state index in [0.29, 0.717) is 23.2 Å². The highest BCUT2D eigenvalue weighted by Crippen LogP contribution is 2.23. The topological polar surface area (TPSA) is 55.4 Å². The van der Waals surface area contributed by atoms with Gasteiger partial charge in [-0.1, -0.05) is 23.2 Å². The summed E-state index contributed by atoms with van der Waals surface area (Å²) in [5.41, 5.74) is 0. The second-order valence-electron chi connectivity index (χ2n) is 4.08. The van der Waals surface area contributed by atoms with Crippen molar-refractivity contribution < 1.29 is 13.2 Å². The quantitative estimate of drug-likeness (QED) is 0.924. The maximum absolute atomic E-state index is 12.2. The number of hydrogen-bond donors (Lipinski definition) is 1. The molecular formula is C11H13Cl2NO3S. The van der Waals surface area contributed by atoms with E-state index in [9.17, 15) is 8.42 Å². The molecule has 1 unspecified atom stereocenters. The minimum absolute atomic E-state index is 0.0727. The summed E-state index contributed by atoms with van der Waals surface area (Å²) in [6.07, 6.45) is -0.332. The molecule has 1 N–H and O–H groups in total. The number of ether oxygens (including phenoxy) is 1. The average Bonchev–Trinajstić information content (AvgIpc) is 2.28. The number of halogens is 2. The molecule has 7 heteroatoms. The Kier molecular flexibility index (Phi) is 4.50. The summed E-state index contributed by atoms with van der Waals surface area (Å²) in [4.78, 5) is 0.133. The molecule has 0 amide bonds. The monoisotopic (exact) mass is 309 g/mol. The highest BCUT2D eigenvalue weighted by Gasteiger charge is 2.24. The summed E-state index contributed by atoms with van der Waals surface area (Å²) >= 11 is 11.6. The average molecular weight is 310 g/mol. The zero-order chi connectivity index (χ0) is 13.2. The van der Waals surface area contributed by atoms with Crippen molar-refractivity contribution in [1.82, 2.24) is 5.32 Å². The third-order valence-corrected chi connectivity index (χ3v) is 4.81. The molecule has 1 saturated heterocycles. The maximum Gasteiger partial charge on any atom is 0.181 e. The number of sulfone groups is 1. The van der Waals surface area contributed by atoms with Crippen LogP contribution in [0.2, 0.25) is 10.0 Å². The van der Waals surface area contributed by atoms with Crippen molar-refractivity contribution in [2.75, 3.05) is 25.4 Å². The Morgan fingerprint density at radius 1 is 1.28 bits per heavy atom.